The number of amides is 1. The van der Waals surface area contributed by atoms with Crippen molar-refractivity contribution >= 4 is 17.7 Å². The van der Waals surface area contributed by atoms with Gasteiger partial charge in [-0.15, -0.1) is 0 Å². The molecule has 1 amide bonds. The molecule has 2 aliphatic rings. The molecule has 0 heterocycles. The molecular weight excluding hydrogens is 196 g/mol. The Labute approximate surface area is 89.2 Å². The third-order valence-electron chi connectivity index (χ3n) is 3.33. The number of thioether (sulfide) groups is 1. The first kappa shape index (κ1) is 10.3. The zero-order valence-electron chi connectivity index (χ0n) is 8.58. The van der Waals surface area contributed by atoms with Crippen molar-refractivity contribution in [2.24, 2.45) is 5.73 Å². The number of hydrogen-bond acceptors (Lipinski definition) is 3. The van der Waals surface area contributed by atoms with Crippen LogP contribution in [0.15, 0.2) is 0 Å². The zero-order valence-corrected chi connectivity index (χ0v) is 9.40. The van der Waals surface area contributed by atoms with Crippen molar-refractivity contribution in [3.63, 3.8) is 0 Å². The molecule has 2 saturated carbocycles. The predicted molar refractivity (Wildman–Crippen MR) is 59.2 cm³/mol. The predicted octanol–water partition coefficient (Wildman–Crippen LogP) is 0.878. The summed E-state index contributed by atoms with van der Waals surface area (Å²) in [5.41, 5.74) is 5.13. The topological polar surface area (TPSA) is 55.1 Å². The van der Waals surface area contributed by atoms with Gasteiger partial charge in [-0.25, -0.2) is 0 Å². The van der Waals surface area contributed by atoms with Crippen molar-refractivity contribution in [2.75, 3.05) is 6.26 Å². The number of carbonyl (C=O) groups excluding carboxylic acids is 1. The van der Waals surface area contributed by atoms with E-state index in [1.54, 1.807) is 0 Å². The van der Waals surface area contributed by atoms with Gasteiger partial charge >= 0.3 is 0 Å². The number of primary amides is 1. The normalized spacial score (nSPS) is 37.4. The van der Waals surface area contributed by atoms with E-state index in [-0.39, 0.29) is 11.4 Å². The quantitative estimate of drug-likeness (QED) is 0.730. The van der Waals surface area contributed by atoms with Gasteiger partial charge < -0.3 is 11.1 Å². The Hall–Kier alpha value is -0.220. The number of nitrogens with two attached hydrogens (primary N) is 1. The van der Waals surface area contributed by atoms with E-state index in [2.05, 4.69) is 11.6 Å². The molecule has 0 aromatic heterocycles. The summed E-state index contributed by atoms with van der Waals surface area (Å²) in [6, 6.07) is 0.558. The molecule has 0 saturated heterocycles. The fourth-order valence-corrected chi connectivity index (χ4v) is 3.05. The second kappa shape index (κ2) is 3.74. The maximum atomic E-state index is 11.5. The number of hydrogen-bond donors (Lipinski definition) is 2. The van der Waals surface area contributed by atoms with Gasteiger partial charge in [0.25, 0.3) is 0 Å². The van der Waals surface area contributed by atoms with Gasteiger partial charge in [0.15, 0.2) is 0 Å². The average Bonchev–Trinajstić information content (AvgIpc) is 2.83. The molecule has 3 N–H and O–H groups in total. The summed E-state index contributed by atoms with van der Waals surface area (Å²) in [5.74, 6) is -0.152. The Balaban J connectivity index is 2.03. The molecule has 0 spiro atoms. The standard InChI is InChI=1S/C10H18N2OS/c1-14-8-4-5-10(6-8,9(11)13)12-7-2-3-7/h7-8,12H,2-6H2,1H3,(H2,11,13). The maximum Gasteiger partial charge on any atom is 0.237 e. The van der Waals surface area contributed by atoms with Crippen molar-refractivity contribution in [2.45, 2.75) is 48.9 Å². The lowest BCUT2D eigenvalue weighted by Gasteiger charge is -2.27. The lowest BCUT2D eigenvalue weighted by Crippen LogP contribution is -2.54. The van der Waals surface area contributed by atoms with E-state index in [0.29, 0.717) is 11.3 Å². The summed E-state index contributed by atoms with van der Waals surface area (Å²) in [7, 11) is 0. The van der Waals surface area contributed by atoms with Crippen LogP contribution in [0.25, 0.3) is 0 Å². The van der Waals surface area contributed by atoms with E-state index < -0.39 is 0 Å². The second-order valence-corrected chi connectivity index (χ2v) is 5.60. The maximum absolute atomic E-state index is 11.5. The monoisotopic (exact) mass is 214 g/mol. The van der Waals surface area contributed by atoms with Gasteiger partial charge in [0.05, 0.1) is 5.54 Å². The highest BCUT2D eigenvalue weighted by Gasteiger charge is 2.46. The summed E-state index contributed by atoms with van der Waals surface area (Å²) in [5, 5.41) is 4.05. The van der Waals surface area contributed by atoms with Crippen molar-refractivity contribution < 1.29 is 4.79 Å². The van der Waals surface area contributed by atoms with E-state index in [0.717, 1.165) is 19.3 Å². The first-order valence-corrected chi connectivity index (χ1v) is 6.55. The van der Waals surface area contributed by atoms with Crippen molar-refractivity contribution in [3.05, 3.63) is 0 Å². The lowest BCUT2D eigenvalue weighted by atomic mass is 9.96. The van der Waals surface area contributed by atoms with Crippen LogP contribution in [0.3, 0.4) is 0 Å². The molecule has 0 radical (unpaired) electrons. The number of carbonyl (C=O) groups is 1. The SMILES string of the molecule is CSC1CCC(NC2CC2)(C(N)=O)C1. The van der Waals surface area contributed by atoms with E-state index in [9.17, 15) is 4.79 Å². The van der Waals surface area contributed by atoms with Crippen LogP contribution in [0.1, 0.15) is 32.1 Å². The summed E-state index contributed by atoms with van der Waals surface area (Å²) in [6.45, 7) is 0. The van der Waals surface area contributed by atoms with Crippen LogP contribution < -0.4 is 11.1 Å². The highest BCUT2D eigenvalue weighted by Crippen LogP contribution is 2.38. The molecule has 14 heavy (non-hydrogen) atoms. The molecule has 3 nitrogen and oxygen atoms in total. The van der Waals surface area contributed by atoms with E-state index >= 15 is 0 Å². The smallest absolute Gasteiger partial charge is 0.237 e. The van der Waals surface area contributed by atoms with E-state index in [1.165, 1.54) is 12.8 Å². The molecule has 2 rings (SSSR count). The molecule has 2 atom stereocenters. The van der Waals surface area contributed by atoms with Crippen LogP contribution in [0.5, 0.6) is 0 Å². The van der Waals surface area contributed by atoms with Crippen molar-refractivity contribution in [1.82, 2.24) is 5.32 Å². The van der Waals surface area contributed by atoms with Gasteiger partial charge in [-0.05, 0) is 38.4 Å². The summed E-state index contributed by atoms with van der Waals surface area (Å²) >= 11 is 1.85. The van der Waals surface area contributed by atoms with Gasteiger partial charge in [-0.2, -0.15) is 11.8 Å². The summed E-state index contributed by atoms with van der Waals surface area (Å²) in [6.07, 6.45) is 7.48. The van der Waals surface area contributed by atoms with Crippen LogP contribution in [0.2, 0.25) is 0 Å². The van der Waals surface area contributed by atoms with Gasteiger partial charge in [0.1, 0.15) is 0 Å². The highest BCUT2D eigenvalue weighted by molar-refractivity contribution is 7.99. The van der Waals surface area contributed by atoms with Crippen LogP contribution in [0.4, 0.5) is 0 Å². The van der Waals surface area contributed by atoms with Gasteiger partial charge in [-0.1, -0.05) is 0 Å². The molecule has 0 bridgehead atoms. The fraction of sp³-hybridized carbons (Fsp3) is 0.900. The average molecular weight is 214 g/mol. The summed E-state index contributed by atoms with van der Waals surface area (Å²) < 4.78 is 0. The second-order valence-electron chi connectivity index (χ2n) is 4.47. The molecule has 2 fully saturated rings. The molecule has 2 aliphatic carbocycles. The Bertz CT molecular complexity index is 242. The number of nitrogens with one attached hydrogen (secondary N) is 1. The third kappa shape index (κ3) is 1.91. The van der Waals surface area contributed by atoms with Gasteiger partial charge in [-0.3, -0.25) is 4.79 Å². The van der Waals surface area contributed by atoms with Crippen LogP contribution in [-0.2, 0) is 4.79 Å². The molecule has 2 unspecified atom stereocenters. The van der Waals surface area contributed by atoms with Gasteiger partial charge in [0.2, 0.25) is 5.91 Å². The van der Waals surface area contributed by atoms with Gasteiger partial charge in [0, 0.05) is 11.3 Å². The summed E-state index contributed by atoms with van der Waals surface area (Å²) in [4.78, 5) is 11.5. The van der Waals surface area contributed by atoms with Crippen LogP contribution in [0, 0.1) is 0 Å². The Morgan fingerprint density at radius 2 is 2.21 bits per heavy atom. The Kier molecular flexibility index (Phi) is 2.75. The van der Waals surface area contributed by atoms with Crippen LogP contribution >= 0.6 is 11.8 Å². The minimum atomic E-state index is -0.380. The molecule has 0 aliphatic heterocycles. The Morgan fingerprint density at radius 1 is 1.50 bits per heavy atom. The molecule has 4 heteroatoms. The molecular formula is C10H18N2OS. The van der Waals surface area contributed by atoms with Crippen LogP contribution in [-0.4, -0.2) is 29.0 Å². The number of rotatable bonds is 4. The minimum Gasteiger partial charge on any atom is -0.368 e. The first-order valence-electron chi connectivity index (χ1n) is 5.27. The van der Waals surface area contributed by atoms with E-state index in [4.69, 9.17) is 5.73 Å². The third-order valence-corrected chi connectivity index (χ3v) is 4.40. The largest absolute Gasteiger partial charge is 0.368 e. The molecule has 0 aromatic carbocycles. The van der Waals surface area contributed by atoms with Crippen molar-refractivity contribution in [3.8, 4) is 0 Å². The highest BCUT2D eigenvalue weighted by atomic mass is 32.2. The first-order chi connectivity index (χ1) is 6.66. The Morgan fingerprint density at radius 3 is 2.64 bits per heavy atom. The van der Waals surface area contributed by atoms with E-state index in [1.807, 2.05) is 11.8 Å². The minimum absolute atomic E-state index is 0.152. The lowest BCUT2D eigenvalue weighted by molar-refractivity contribution is -0.124. The molecule has 80 valence electrons. The van der Waals surface area contributed by atoms with Crippen molar-refractivity contribution in [1.29, 1.82) is 0 Å². The molecule has 0 aromatic rings. The zero-order chi connectivity index (χ0) is 10.2. The fourth-order valence-electron chi connectivity index (χ4n) is 2.25.